The molecule has 0 aliphatic carbocycles. The van der Waals surface area contributed by atoms with E-state index >= 15 is 0 Å². The molecule has 0 aliphatic heterocycles. The molecule has 0 saturated heterocycles. The van der Waals surface area contributed by atoms with Crippen molar-refractivity contribution in [1.29, 1.82) is 0 Å². The minimum Gasteiger partial charge on any atom is -0.495 e. The van der Waals surface area contributed by atoms with Gasteiger partial charge in [-0.25, -0.2) is 0 Å². The number of rotatable bonds is 3. The van der Waals surface area contributed by atoms with Crippen LogP contribution in [-0.2, 0) is 6.18 Å². The van der Waals surface area contributed by atoms with Gasteiger partial charge in [-0.3, -0.25) is 9.78 Å². The summed E-state index contributed by atoms with van der Waals surface area (Å²) in [4.78, 5) is 16.7. The number of ether oxygens (including phenoxy) is 1. The van der Waals surface area contributed by atoms with Crippen LogP contribution in [0.5, 0.6) is 5.75 Å². The second-order valence-corrected chi connectivity index (χ2v) is 4.99. The normalized spacial score (nSPS) is 11.2. The Balaban J connectivity index is 2.40. The summed E-state index contributed by atoms with van der Waals surface area (Å²) in [7, 11) is 2.79. The quantitative estimate of drug-likeness (QED) is 0.844. The van der Waals surface area contributed by atoms with Gasteiger partial charge in [0.2, 0.25) is 0 Å². The van der Waals surface area contributed by atoms with Crippen LogP contribution in [0.2, 0.25) is 5.02 Å². The van der Waals surface area contributed by atoms with Gasteiger partial charge >= 0.3 is 6.18 Å². The van der Waals surface area contributed by atoms with Crippen molar-refractivity contribution in [2.45, 2.75) is 6.18 Å². The summed E-state index contributed by atoms with van der Waals surface area (Å²) in [5.41, 5.74) is -1.43. The van der Waals surface area contributed by atoms with Crippen molar-refractivity contribution < 1.29 is 22.7 Å². The molecule has 0 fully saturated rings. The number of benzene rings is 1. The molecular formula is C15H12ClF3N2O2. The van der Waals surface area contributed by atoms with Gasteiger partial charge < -0.3 is 9.64 Å². The maximum Gasteiger partial charge on any atom is 0.434 e. The predicted octanol–water partition coefficient (Wildman–Crippen LogP) is 4.04. The van der Waals surface area contributed by atoms with Crippen molar-refractivity contribution in [2.75, 3.05) is 19.1 Å². The van der Waals surface area contributed by atoms with Crippen LogP contribution in [-0.4, -0.2) is 25.0 Å². The minimum absolute atomic E-state index is 0.242. The first-order chi connectivity index (χ1) is 10.8. The molecule has 1 amide bonds. The molecule has 0 bridgehead atoms. The van der Waals surface area contributed by atoms with E-state index in [1.54, 1.807) is 0 Å². The van der Waals surface area contributed by atoms with Crippen LogP contribution in [0.4, 0.5) is 18.9 Å². The Hall–Kier alpha value is -2.28. The molecule has 1 aromatic carbocycles. The van der Waals surface area contributed by atoms with Crippen molar-refractivity contribution in [3.63, 3.8) is 0 Å². The maximum atomic E-state index is 13.0. The van der Waals surface area contributed by atoms with Crippen LogP contribution >= 0.6 is 11.6 Å². The molecule has 0 radical (unpaired) electrons. The van der Waals surface area contributed by atoms with Gasteiger partial charge in [-0.2, -0.15) is 13.2 Å². The zero-order chi connectivity index (χ0) is 17.2. The predicted molar refractivity (Wildman–Crippen MR) is 80.0 cm³/mol. The Morgan fingerprint density at radius 3 is 2.57 bits per heavy atom. The second-order valence-electron chi connectivity index (χ2n) is 4.58. The largest absolute Gasteiger partial charge is 0.495 e. The minimum atomic E-state index is -4.72. The molecular weight excluding hydrogens is 333 g/mol. The number of hydrogen-bond acceptors (Lipinski definition) is 3. The summed E-state index contributed by atoms with van der Waals surface area (Å²) in [6, 6.07) is 6.83. The molecule has 1 heterocycles. The molecule has 0 saturated carbocycles. The third-order valence-electron chi connectivity index (χ3n) is 3.13. The summed E-state index contributed by atoms with van der Waals surface area (Å²) in [6.07, 6.45) is -3.73. The smallest absolute Gasteiger partial charge is 0.434 e. The molecule has 4 nitrogen and oxygen atoms in total. The highest BCUT2D eigenvalue weighted by atomic mass is 35.5. The van der Waals surface area contributed by atoms with Gasteiger partial charge in [0.15, 0.2) is 5.69 Å². The maximum absolute atomic E-state index is 13.0. The lowest BCUT2D eigenvalue weighted by molar-refractivity contribution is -0.141. The topological polar surface area (TPSA) is 42.4 Å². The van der Waals surface area contributed by atoms with E-state index in [9.17, 15) is 18.0 Å². The lowest BCUT2D eigenvalue weighted by Crippen LogP contribution is -2.29. The van der Waals surface area contributed by atoms with E-state index in [0.717, 1.165) is 17.2 Å². The van der Waals surface area contributed by atoms with E-state index in [4.69, 9.17) is 16.3 Å². The van der Waals surface area contributed by atoms with Gasteiger partial charge in [-0.05, 0) is 30.3 Å². The van der Waals surface area contributed by atoms with E-state index in [2.05, 4.69) is 4.98 Å². The van der Waals surface area contributed by atoms with E-state index in [1.807, 2.05) is 0 Å². The van der Waals surface area contributed by atoms with Crippen LogP contribution in [0.15, 0.2) is 36.5 Å². The first kappa shape index (κ1) is 17.1. The molecule has 0 atom stereocenters. The standard InChI is InChI=1S/C15H12ClF3N2O2/c1-21(9-5-6-12(23-2)11(16)8-9)14(22)10-4-3-7-20-13(10)15(17,18)19/h3-8H,1-2H3. The summed E-state index contributed by atoms with van der Waals surface area (Å²) < 4.78 is 43.9. The number of nitrogens with zero attached hydrogens (tertiary/aromatic N) is 2. The Morgan fingerprint density at radius 2 is 2.00 bits per heavy atom. The third kappa shape index (κ3) is 3.56. The van der Waals surface area contributed by atoms with E-state index < -0.39 is 23.3 Å². The molecule has 0 spiro atoms. The molecule has 0 N–H and O–H groups in total. The van der Waals surface area contributed by atoms with Gasteiger partial charge in [0.1, 0.15) is 5.75 Å². The molecule has 1 aromatic heterocycles. The number of carbonyl (C=O) groups excluding carboxylic acids is 1. The molecule has 2 rings (SSSR count). The highest BCUT2D eigenvalue weighted by Gasteiger charge is 2.37. The van der Waals surface area contributed by atoms with Crippen molar-refractivity contribution in [1.82, 2.24) is 4.98 Å². The average molecular weight is 345 g/mol. The zero-order valence-corrected chi connectivity index (χ0v) is 12.9. The Bertz CT molecular complexity index is 735. The number of anilines is 1. The number of methoxy groups -OCH3 is 1. The van der Waals surface area contributed by atoms with Crippen LogP contribution in [0.25, 0.3) is 0 Å². The number of halogens is 4. The average Bonchev–Trinajstić information content (AvgIpc) is 2.52. The Labute approximate surface area is 135 Å². The second kappa shape index (κ2) is 6.45. The Morgan fingerprint density at radius 1 is 1.30 bits per heavy atom. The molecule has 0 aliphatic rings. The SMILES string of the molecule is COc1ccc(N(C)C(=O)c2cccnc2C(F)(F)F)cc1Cl. The first-order valence-corrected chi connectivity index (χ1v) is 6.77. The lowest BCUT2D eigenvalue weighted by atomic mass is 10.1. The molecule has 23 heavy (non-hydrogen) atoms. The monoisotopic (exact) mass is 344 g/mol. The molecule has 2 aromatic rings. The van der Waals surface area contributed by atoms with E-state index in [-0.39, 0.29) is 5.02 Å². The summed E-state index contributed by atoms with van der Waals surface area (Å²) in [6.45, 7) is 0. The van der Waals surface area contributed by atoms with Crippen molar-refractivity contribution in [2.24, 2.45) is 0 Å². The molecule has 0 unspecified atom stereocenters. The molecule has 8 heteroatoms. The van der Waals surface area contributed by atoms with Crippen LogP contribution in [0, 0.1) is 0 Å². The van der Waals surface area contributed by atoms with Gasteiger partial charge in [-0.1, -0.05) is 11.6 Å². The van der Waals surface area contributed by atoms with Gasteiger partial charge in [-0.15, -0.1) is 0 Å². The number of pyridine rings is 1. The van der Waals surface area contributed by atoms with Crippen molar-refractivity contribution in [3.05, 3.63) is 52.8 Å². The van der Waals surface area contributed by atoms with Crippen molar-refractivity contribution >= 4 is 23.2 Å². The zero-order valence-electron chi connectivity index (χ0n) is 12.2. The van der Waals surface area contributed by atoms with E-state index in [0.29, 0.717) is 11.4 Å². The highest BCUT2D eigenvalue weighted by Crippen LogP contribution is 2.32. The highest BCUT2D eigenvalue weighted by molar-refractivity contribution is 6.32. The fourth-order valence-electron chi connectivity index (χ4n) is 1.97. The van der Waals surface area contributed by atoms with Crippen LogP contribution in [0.3, 0.4) is 0 Å². The van der Waals surface area contributed by atoms with Gasteiger partial charge in [0, 0.05) is 18.9 Å². The summed E-state index contributed by atoms with van der Waals surface area (Å²) in [5, 5.41) is 0.242. The third-order valence-corrected chi connectivity index (χ3v) is 3.43. The number of carbonyl (C=O) groups is 1. The first-order valence-electron chi connectivity index (χ1n) is 6.39. The van der Waals surface area contributed by atoms with E-state index in [1.165, 1.54) is 38.4 Å². The number of alkyl halides is 3. The van der Waals surface area contributed by atoms with Crippen LogP contribution in [0.1, 0.15) is 16.1 Å². The summed E-state index contributed by atoms with van der Waals surface area (Å²) in [5.74, 6) is -0.444. The number of hydrogen-bond donors (Lipinski definition) is 0. The van der Waals surface area contributed by atoms with Crippen LogP contribution < -0.4 is 9.64 Å². The molecule has 122 valence electrons. The lowest BCUT2D eigenvalue weighted by Gasteiger charge is -2.20. The summed E-state index contributed by atoms with van der Waals surface area (Å²) >= 11 is 5.97. The number of aromatic nitrogens is 1. The number of amides is 1. The fourth-order valence-corrected chi connectivity index (χ4v) is 2.22. The van der Waals surface area contributed by atoms with Gasteiger partial charge in [0.25, 0.3) is 5.91 Å². The van der Waals surface area contributed by atoms with Gasteiger partial charge in [0.05, 0.1) is 17.7 Å². The Kier molecular flexibility index (Phi) is 4.79. The fraction of sp³-hybridized carbons (Fsp3) is 0.200. The van der Waals surface area contributed by atoms with Crippen molar-refractivity contribution in [3.8, 4) is 5.75 Å².